The summed E-state index contributed by atoms with van der Waals surface area (Å²) in [4.78, 5) is 23.4. The van der Waals surface area contributed by atoms with Crippen LogP contribution in [0.5, 0.6) is 5.75 Å². The third-order valence-electron chi connectivity index (χ3n) is 3.10. The lowest BCUT2D eigenvalue weighted by molar-refractivity contribution is -0.123. The number of nitriles is 1. The highest BCUT2D eigenvalue weighted by Gasteiger charge is 2.10. The third-order valence-corrected chi connectivity index (χ3v) is 3.10. The summed E-state index contributed by atoms with van der Waals surface area (Å²) in [5.41, 5.74) is 5.33. The number of nitrogens with one attached hydrogen (secondary N) is 2. The molecule has 0 fully saturated rings. The molecular weight excluding hydrogens is 313 g/mol. The highest BCUT2D eigenvalue weighted by Crippen LogP contribution is 2.11. The van der Waals surface area contributed by atoms with Crippen molar-refractivity contribution < 1.29 is 18.7 Å². The van der Waals surface area contributed by atoms with E-state index in [1.54, 1.807) is 31.2 Å². The fourth-order valence-corrected chi connectivity index (χ4v) is 1.74. The zero-order valence-corrected chi connectivity index (χ0v) is 12.8. The lowest BCUT2D eigenvalue weighted by Gasteiger charge is -2.09. The molecule has 2 rings (SSSR count). The van der Waals surface area contributed by atoms with Gasteiger partial charge in [0.15, 0.2) is 6.61 Å². The van der Waals surface area contributed by atoms with Crippen LogP contribution in [0, 0.1) is 24.1 Å². The van der Waals surface area contributed by atoms with Crippen molar-refractivity contribution in [1.29, 1.82) is 5.26 Å². The number of carbonyl (C=O) groups is 2. The lowest BCUT2D eigenvalue weighted by Crippen LogP contribution is -2.43. The molecule has 0 aliphatic carbocycles. The number of aryl methyl sites for hydroxylation is 1. The average Bonchev–Trinajstić information content (AvgIpc) is 2.60. The van der Waals surface area contributed by atoms with Crippen LogP contribution in [-0.2, 0) is 4.79 Å². The predicted octanol–water partition coefficient (Wildman–Crippen LogP) is 1.85. The molecule has 0 aliphatic heterocycles. The topological polar surface area (TPSA) is 91.2 Å². The van der Waals surface area contributed by atoms with Crippen molar-refractivity contribution >= 4 is 11.8 Å². The first-order valence-electron chi connectivity index (χ1n) is 6.98. The molecule has 0 atom stereocenters. The number of amides is 2. The summed E-state index contributed by atoms with van der Waals surface area (Å²) in [5.74, 6) is -1.31. The number of halogens is 1. The van der Waals surface area contributed by atoms with Gasteiger partial charge in [-0.05, 0) is 48.9 Å². The van der Waals surface area contributed by atoms with Gasteiger partial charge in [0.2, 0.25) is 0 Å². The maximum absolute atomic E-state index is 13.4. The number of benzene rings is 2. The van der Waals surface area contributed by atoms with Crippen LogP contribution < -0.4 is 15.6 Å². The second-order valence-corrected chi connectivity index (χ2v) is 4.89. The van der Waals surface area contributed by atoms with Gasteiger partial charge in [-0.3, -0.25) is 20.4 Å². The molecule has 0 heterocycles. The van der Waals surface area contributed by atoms with E-state index in [2.05, 4.69) is 10.9 Å². The van der Waals surface area contributed by atoms with Crippen molar-refractivity contribution in [1.82, 2.24) is 10.9 Å². The highest BCUT2D eigenvalue weighted by molar-refractivity contribution is 5.95. The van der Waals surface area contributed by atoms with Crippen LogP contribution in [0.4, 0.5) is 4.39 Å². The molecule has 0 spiro atoms. The van der Waals surface area contributed by atoms with Crippen molar-refractivity contribution in [2.24, 2.45) is 0 Å². The molecule has 2 N–H and O–H groups in total. The van der Waals surface area contributed by atoms with E-state index in [4.69, 9.17) is 10.00 Å². The summed E-state index contributed by atoms with van der Waals surface area (Å²) in [6.07, 6.45) is 0. The molecular formula is C17H14FN3O3. The smallest absolute Gasteiger partial charge is 0.276 e. The van der Waals surface area contributed by atoms with Crippen LogP contribution in [0.2, 0.25) is 0 Å². The van der Waals surface area contributed by atoms with Gasteiger partial charge in [-0.2, -0.15) is 5.26 Å². The minimum Gasteiger partial charge on any atom is -0.484 e. The SMILES string of the molecule is Cc1ccc(C(=O)NNC(=O)COc2ccc(C#N)cc2)cc1F. The van der Waals surface area contributed by atoms with Gasteiger partial charge in [0.1, 0.15) is 11.6 Å². The summed E-state index contributed by atoms with van der Waals surface area (Å²) >= 11 is 0. The zero-order valence-electron chi connectivity index (χ0n) is 12.8. The first kappa shape index (κ1) is 17.0. The van der Waals surface area contributed by atoms with Gasteiger partial charge in [-0.1, -0.05) is 6.07 Å². The molecule has 0 aliphatic rings. The minimum atomic E-state index is -0.638. The van der Waals surface area contributed by atoms with Crippen molar-refractivity contribution in [3.05, 3.63) is 65.0 Å². The fraction of sp³-hybridized carbons (Fsp3) is 0.118. The Balaban J connectivity index is 1.80. The Morgan fingerprint density at radius 3 is 2.50 bits per heavy atom. The van der Waals surface area contributed by atoms with E-state index >= 15 is 0 Å². The van der Waals surface area contributed by atoms with Gasteiger partial charge in [0.05, 0.1) is 11.6 Å². The number of ether oxygens (including phenoxy) is 1. The standard InChI is InChI=1S/C17H14FN3O3/c1-11-2-5-13(8-15(11)18)17(23)21-20-16(22)10-24-14-6-3-12(9-19)4-7-14/h2-8H,10H2,1H3,(H,20,22)(H,21,23). The molecule has 0 radical (unpaired) electrons. The van der Waals surface area contributed by atoms with Gasteiger partial charge < -0.3 is 4.74 Å². The van der Waals surface area contributed by atoms with Crippen molar-refractivity contribution in [2.75, 3.05) is 6.61 Å². The van der Waals surface area contributed by atoms with Crippen molar-refractivity contribution in [3.8, 4) is 11.8 Å². The summed E-state index contributed by atoms with van der Waals surface area (Å²) in [5, 5.41) is 8.68. The normalized spacial score (nSPS) is 9.71. The number of nitrogens with zero attached hydrogens (tertiary/aromatic N) is 1. The van der Waals surface area contributed by atoms with Crippen LogP contribution in [-0.4, -0.2) is 18.4 Å². The van der Waals surface area contributed by atoms with Gasteiger partial charge in [-0.15, -0.1) is 0 Å². The molecule has 122 valence electrons. The van der Waals surface area contributed by atoms with Crippen LogP contribution in [0.15, 0.2) is 42.5 Å². The Morgan fingerprint density at radius 1 is 1.17 bits per heavy atom. The fourth-order valence-electron chi connectivity index (χ4n) is 1.74. The summed E-state index contributed by atoms with van der Waals surface area (Å²) < 4.78 is 18.6. The number of hydrazine groups is 1. The van der Waals surface area contributed by atoms with Crippen molar-refractivity contribution in [2.45, 2.75) is 6.92 Å². The van der Waals surface area contributed by atoms with Crippen LogP contribution in [0.1, 0.15) is 21.5 Å². The zero-order chi connectivity index (χ0) is 17.5. The number of hydrogen-bond acceptors (Lipinski definition) is 4. The molecule has 2 amide bonds. The van der Waals surface area contributed by atoms with E-state index in [1.807, 2.05) is 6.07 Å². The van der Waals surface area contributed by atoms with Gasteiger partial charge in [0, 0.05) is 5.56 Å². The largest absolute Gasteiger partial charge is 0.484 e. The molecule has 0 unspecified atom stereocenters. The van der Waals surface area contributed by atoms with Crippen molar-refractivity contribution in [3.63, 3.8) is 0 Å². The van der Waals surface area contributed by atoms with Crippen LogP contribution in [0.3, 0.4) is 0 Å². The molecule has 0 bridgehead atoms. The molecule has 7 heteroatoms. The summed E-state index contributed by atoms with van der Waals surface area (Å²) in [7, 11) is 0. The van der Waals surface area contributed by atoms with Crippen LogP contribution in [0.25, 0.3) is 0 Å². The Labute approximate surface area is 137 Å². The average molecular weight is 327 g/mol. The maximum atomic E-state index is 13.4. The van der Waals surface area contributed by atoms with E-state index in [0.29, 0.717) is 16.9 Å². The number of carbonyl (C=O) groups excluding carboxylic acids is 2. The predicted molar refractivity (Wildman–Crippen MR) is 83.4 cm³/mol. The van der Waals surface area contributed by atoms with Gasteiger partial charge in [-0.25, -0.2) is 4.39 Å². The molecule has 24 heavy (non-hydrogen) atoms. The molecule has 0 saturated heterocycles. The number of rotatable bonds is 4. The molecule has 2 aromatic carbocycles. The first-order chi connectivity index (χ1) is 11.5. The number of hydrogen-bond donors (Lipinski definition) is 2. The Kier molecular flexibility index (Phi) is 5.47. The minimum absolute atomic E-state index is 0.0893. The van der Waals surface area contributed by atoms with Gasteiger partial charge in [0.25, 0.3) is 11.8 Å². The summed E-state index contributed by atoms with van der Waals surface area (Å²) in [6, 6.07) is 12.2. The Morgan fingerprint density at radius 2 is 1.88 bits per heavy atom. The van der Waals surface area contributed by atoms with E-state index in [1.165, 1.54) is 12.1 Å². The Bertz CT molecular complexity index is 798. The highest BCUT2D eigenvalue weighted by atomic mass is 19.1. The van der Waals surface area contributed by atoms with E-state index in [0.717, 1.165) is 6.07 Å². The quantitative estimate of drug-likeness (QED) is 0.838. The maximum Gasteiger partial charge on any atom is 0.276 e. The summed E-state index contributed by atoms with van der Waals surface area (Å²) in [6.45, 7) is 1.26. The molecule has 2 aromatic rings. The van der Waals surface area contributed by atoms with Crippen LogP contribution >= 0.6 is 0 Å². The third kappa shape index (κ3) is 4.55. The second-order valence-electron chi connectivity index (χ2n) is 4.89. The Hall–Kier alpha value is -3.40. The monoisotopic (exact) mass is 327 g/mol. The first-order valence-corrected chi connectivity index (χ1v) is 6.98. The van der Waals surface area contributed by atoms with E-state index in [9.17, 15) is 14.0 Å². The van der Waals surface area contributed by atoms with E-state index < -0.39 is 17.6 Å². The molecule has 0 saturated carbocycles. The van der Waals surface area contributed by atoms with Gasteiger partial charge >= 0.3 is 0 Å². The lowest BCUT2D eigenvalue weighted by atomic mass is 10.1. The molecule has 6 nitrogen and oxygen atoms in total. The molecule has 0 aromatic heterocycles. The second kappa shape index (κ2) is 7.74. The van der Waals surface area contributed by atoms with E-state index in [-0.39, 0.29) is 12.2 Å².